The number of hydrogen-bond donors (Lipinski definition) is 2. The third-order valence-corrected chi connectivity index (χ3v) is 7.52. The number of hydrogen-bond acceptors (Lipinski definition) is 6. The largest absolute Gasteiger partial charge is 0.350 e. The maximum atomic E-state index is 14.5. The lowest BCUT2D eigenvalue weighted by Crippen LogP contribution is -2.57. The van der Waals surface area contributed by atoms with E-state index in [9.17, 15) is 9.59 Å². The van der Waals surface area contributed by atoms with Gasteiger partial charge in [-0.2, -0.15) is 0 Å². The minimum atomic E-state index is -1.01. The fourth-order valence-corrected chi connectivity index (χ4v) is 5.64. The summed E-state index contributed by atoms with van der Waals surface area (Å²) in [7, 11) is 0. The predicted molar refractivity (Wildman–Crippen MR) is 163 cm³/mol. The zero-order valence-corrected chi connectivity index (χ0v) is 23.6. The molecule has 2 unspecified atom stereocenters. The van der Waals surface area contributed by atoms with E-state index in [4.69, 9.17) is 22.3 Å². The van der Waals surface area contributed by atoms with Crippen LogP contribution < -0.4 is 15.6 Å². The lowest BCUT2D eigenvalue weighted by Gasteiger charge is -2.39. The Kier molecular flexibility index (Phi) is 7.37. The Hall–Kier alpha value is -5.09. The van der Waals surface area contributed by atoms with Crippen LogP contribution in [0.1, 0.15) is 22.5 Å². The minimum absolute atomic E-state index is 0.0493. The number of amides is 3. The number of benzodiazepines with no additional fused rings is 1. The summed E-state index contributed by atoms with van der Waals surface area (Å²) in [6.45, 7) is 2.14. The zero-order valence-electron chi connectivity index (χ0n) is 22.8. The van der Waals surface area contributed by atoms with Crippen molar-refractivity contribution in [1.29, 1.82) is 0 Å². The first-order valence-corrected chi connectivity index (χ1v) is 14.0. The van der Waals surface area contributed by atoms with Crippen LogP contribution in [-0.2, 0) is 11.3 Å². The van der Waals surface area contributed by atoms with Crippen molar-refractivity contribution in [3.8, 4) is 0 Å². The van der Waals surface area contributed by atoms with Crippen LogP contribution in [0.5, 0.6) is 0 Å². The zero-order chi connectivity index (χ0) is 29.2. The molecule has 1 aromatic heterocycles. The van der Waals surface area contributed by atoms with Crippen LogP contribution in [-0.4, -0.2) is 55.7 Å². The highest BCUT2D eigenvalue weighted by Gasteiger charge is 2.42. The summed E-state index contributed by atoms with van der Waals surface area (Å²) in [6.07, 6.45) is 5.14. The van der Waals surface area contributed by atoms with Crippen molar-refractivity contribution in [1.82, 2.24) is 19.9 Å². The number of aryl methyl sites for hydroxylation is 1. The van der Waals surface area contributed by atoms with Crippen molar-refractivity contribution >= 4 is 40.6 Å². The summed E-state index contributed by atoms with van der Waals surface area (Å²) < 4.78 is 0. The van der Waals surface area contributed by atoms with E-state index in [0.717, 1.165) is 16.7 Å². The molecule has 42 heavy (non-hydrogen) atoms. The number of urea groups is 1. The van der Waals surface area contributed by atoms with Gasteiger partial charge in [-0.15, -0.1) is 11.6 Å². The number of para-hydroxylation sites is 1. The molecule has 0 saturated heterocycles. The topological polar surface area (TPSA) is 114 Å². The van der Waals surface area contributed by atoms with Gasteiger partial charge in [-0.1, -0.05) is 60.7 Å². The summed E-state index contributed by atoms with van der Waals surface area (Å²) in [5, 5.41) is 3.00. The lowest BCUT2D eigenvalue weighted by atomic mass is 10.0. The van der Waals surface area contributed by atoms with Gasteiger partial charge in [0, 0.05) is 35.9 Å². The number of benzene rings is 3. The molecule has 4 aromatic rings. The number of hydrazine groups is 1. The molecule has 3 amide bonds. The molecule has 0 aliphatic carbocycles. The van der Waals surface area contributed by atoms with Gasteiger partial charge < -0.3 is 20.5 Å². The highest BCUT2D eigenvalue weighted by Crippen LogP contribution is 2.34. The number of nitrogens with one attached hydrogen (secondary N) is 1. The van der Waals surface area contributed by atoms with E-state index in [1.807, 2.05) is 79.7 Å². The van der Waals surface area contributed by atoms with Crippen LogP contribution in [0, 0.1) is 6.92 Å². The first-order valence-electron chi connectivity index (χ1n) is 13.4. The van der Waals surface area contributed by atoms with E-state index in [2.05, 4.69) is 9.97 Å². The molecule has 3 N–H and O–H groups in total. The molecule has 0 bridgehead atoms. The van der Waals surface area contributed by atoms with E-state index in [0.29, 0.717) is 22.9 Å². The Balaban J connectivity index is 1.46. The molecule has 0 radical (unpaired) electrons. The number of alkyl halides is 1. The van der Waals surface area contributed by atoms with Crippen molar-refractivity contribution < 1.29 is 9.59 Å². The lowest BCUT2D eigenvalue weighted by molar-refractivity contribution is -0.123. The molecule has 3 heterocycles. The Morgan fingerprint density at radius 2 is 1.83 bits per heavy atom. The molecule has 3 aromatic carbocycles. The number of fused-ring (bicyclic) bond motifs is 1. The van der Waals surface area contributed by atoms with Crippen LogP contribution >= 0.6 is 11.6 Å². The maximum absolute atomic E-state index is 14.5. The Morgan fingerprint density at radius 3 is 2.55 bits per heavy atom. The highest BCUT2D eigenvalue weighted by atomic mass is 35.5. The molecule has 11 heteroatoms. The summed E-state index contributed by atoms with van der Waals surface area (Å²) in [4.78, 5) is 43.3. The van der Waals surface area contributed by atoms with Crippen molar-refractivity contribution in [2.45, 2.75) is 25.8 Å². The van der Waals surface area contributed by atoms with Gasteiger partial charge in [-0.25, -0.2) is 19.8 Å². The quantitative estimate of drug-likeness (QED) is 0.311. The Labute approximate surface area is 248 Å². The van der Waals surface area contributed by atoms with Gasteiger partial charge in [0.05, 0.1) is 29.5 Å². The number of carbonyl (C=O) groups excluding carboxylic acids is 2. The minimum Gasteiger partial charge on any atom is -0.350 e. The van der Waals surface area contributed by atoms with Gasteiger partial charge in [0.1, 0.15) is 12.0 Å². The first-order chi connectivity index (χ1) is 20.5. The number of aromatic nitrogens is 2. The molecule has 0 spiro atoms. The van der Waals surface area contributed by atoms with Gasteiger partial charge in [0.25, 0.3) is 5.91 Å². The average Bonchev–Trinajstić information content (AvgIpc) is 3.64. The third kappa shape index (κ3) is 4.97. The average molecular weight is 581 g/mol. The van der Waals surface area contributed by atoms with Crippen LogP contribution in [0.4, 0.5) is 16.2 Å². The normalized spacial score (nSPS) is 18.1. The second kappa shape index (κ2) is 11.4. The van der Waals surface area contributed by atoms with E-state index in [1.165, 1.54) is 5.01 Å². The Morgan fingerprint density at radius 1 is 1.05 bits per heavy atom. The van der Waals surface area contributed by atoms with Crippen molar-refractivity contribution in [2.24, 2.45) is 10.7 Å². The van der Waals surface area contributed by atoms with Gasteiger partial charge in [-0.3, -0.25) is 9.80 Å². The summed E-state index contributed by atoms with van der Waals surface area (Å²) >= 11 is 6.58. The molecule has 0 fully saturated rings. The number of anilines is 2. The molecule has 212 valence electrons. The maximum Gasteiger partial charge on any atom is 0.338 e. The van der Waals surface area contributed by atoms with Crippen LogP contribution in [0.25, 0.3) is 0 Å². The fourth-order valence-electron chi connectivity index (χ4n) is 5.34. The number of H-pyrrole nitrogens is 1. The SMILES string of the molecule is Cc1cccc(N(C(N)=O)N2C=CN(C3N=C(c4ccccc4)c4ccccc4N(Cc4ncc[nH]4)C3=O)C2CCl)c1. The standard InChI is InChI=1S/C31H29ClN8O2/c1-21-8-7-11-23(18-21)40(31(33)42)39-17-16-37(27(39)19-32)29-30(41)38(20-26-34-14-15-35-26)25-13-6-5-12-24(25)28(36-29)22-9-3-2-4-10-22/h2-18,27,29H,19-20H2,1H3,(H2,33,42)(H,34,35). The monoisotopic (exact) mass is 580 g/mol. The number of aliphatic imine (C=N–C) groups is 1. The fraction of sp³-hybridized carbons (Fsp3) is 0.161. The van der Waals surface area contributed by atoms with Gasteiger partial charge in [0.15, 0.2) is 0 Å². The van der Waals surface area contributed by atoms with Crippen LogP contribution in [0.3, 0.4) is 0 Å². The molecular weight excluding hydrogens is 552 g/mol. The molecular formula is C31H29ClN8O2. The van der Waals surface area contributed by atoms with Gasteiger partial charge >= 0.3 is 6.03 Å². The molecule has 2 aliphatic heterocycles. The predicted octanol–water partition coefficient (Wildman–Crippen LogP) is 4.58. The smallest absolute Gasteiger partial charge is 0.338 e. The molecule has 6 rings (SSSR count). The van der Waals surface area contributed by atoms with Gasteiger partial charge in [0.2, 0.25) is 6.17 Å². The van der Waals surface area contributed by atoms with Crippen LogP contribution in [0.2, 0.25) is 0 Å². The molecule has 10 nitrogen and oxygen atoms in total. The summed E-state index contributed by atoms with van der Waals surface area (Å²) in [5.74, 6) is 0.410. The number of imidazole rings is 1. The highest BCUT2D eigenvalue weighted by molar-refractivity contribution is 6.20. The second-order valence-corrected chi connectivity index (χ2v) is 10.3. The van der Waals surface area contributed by atoms with E-state index >= 15 is 0 Å². The van der Waals surface area contributed by atoms with Gasteiger partial charge in [-0.05, 0) is 30.7 Å². The number of rotatable bonds is 7. The van der Waals surface area contributed by atoms with Crippen LogP contribution in [0.15, 0.2) is 109 Å². The number of nitrogens with two attached hydrogens (primary N) is 1. The molecule has 0 saturated carbocycles. The summed E-state index contributed by atoms with van der Waals surface area (Å²) in [6, 6.07) is 24.2. The number of aromatic amines is 1. The third-order valence-electron chi connectivity index (χ3n) is 7.25. The van der Waals surface area contributed by atoms with Crippen molar-refractivity contribution in [3.63, 3.8) is 0 Å². The van der Waals surface area contributed by atoms with E-state index in [1.54, 1.807) is 45.7 Å². The van der Waals surface area contributed by atoms with E-state index in [-0.39, 0.29) is 18.3 Å². The second-order valence-electron chi connectivity index (χ2n) is 9.94. The molecule has 2 aliphatic rings. The Bertz CT molecular complexity index is 1660. The number of carbonyl (C=O) groups is 2. The summed E-state index contributed by atoms with van der Waals surface area (Å²) in [5.41, 5.74) is 10.5. The first kappa shape index (κ1) is 27.1. The van der Waals surface area contributed by atoms with E-state index < -0.39 is 18.4 Å². The number of nitrogens with zero attached hydrogens (tertiary/aromatic N) is 6. The van der Waals surface area contributed by atoms with Crippen molar-refractivity contribution in [3.05, 3.63) is 126 Å². The number of halogens is 1. The van der Waals surface area contributed by atoms with Crippen molar-refractivity contribution in [2.75, 3.05) is 15.8 Å². The number of primary amides is 1. The molecule has 2 atom stereocenters.